The highest BCUT2D eigenvalue weighted by molar-refractivity contribution is 7.98. The van der Waals surface area contributed by atoms with Crippen LogP contribution in [0.4, 0.5) is 11.8 Å². The van der Waals surface area contributed by atoms with Gasteiger partial charge < -0.3 is 10.6 Å². The predicted octanol–water partition coefficient (Wildman–Crippen LogP) is 1.95. The van der Waals surface area contributed by atoms with Gasteiger partial charge in [-0.05, 0) is 19.6 Å². The molecule has 0 saturated heterocycles. The molecule has 1 rings (SSSR count). The fraction of sp³-hybridized carbons (Fsp3) is 0.636. The van der Waals surface area contributed by atoms with Crippen LogP contribution in [-0.2, 0) is 0 Å². The molecule has 0 radical (unpaired) electrons. The van der Waals surface area contributed by atoms with Crippen LogP contribution in [-0.4, -0.2) is 35.1 Å². The van der Waals surface area contributed by atoms with Gasteiger partial charge in [-0.15, -0.1) is 0 Å². The number of nitrogens with two attached hydrogens (primary N) is 1. The van der Waals surface area contributed by atoms with E-state index in [0.717, 1.165) is 23.6 Å². The molecule has 1 aromatic heterocycles. The van der Waals surface area contributed by atoms with E-state index in [0.29, 0.717) is 12.0 Å². The van der Waals surface area contributed by atoms with E-state index in [1.807, 2.05) is 18.7 Å². The zero-order chi connectivity index (χ0) is 12.1. The summed E-state index contributed by atoms with van der Waals surface area (Å²) < 4.78 is 0. The van der Waals surface area contributed by atoms with E-state index in [4.69, 9.17) is 5.73 Å². The molecule has 1 unspecified atom stereocenters. The molecule has 0 bridgehead atoms. The Morgan fingerprint density at radius 2 is 2.25 bits per heavy atom. The van der Waals surface area contributed by atoms with Crippen LogP contribution in [0.15, 0.2) is 6.20 Å². The molecule has 1 atom stereocenters. The van der Waals surface area contributed by atoms with Crippen molar-refractivity contribution < 1.29 is 0 Å². The Morgan fingerprint density at radius 3 is 2.81 bits per heavy atom. The quantitative estimate of drug-likeness (QED) is 0.852. The smallest absolute Gasteiger partial charge is 0.221 e. The maximum Gasteiger partial charge on any atom is 0.221 e. The fourth-order valence-corrected chi connectivity index (χ4v) is 2.52. The van der Waals surface area contributed by atoms with Crippen LogP contribution in [0.25, 0.3) is 0 Å². The lowest BCUT2D eigenvalue weighted by atomic mass is 10.2. The van der Waals surface area contributed by atoms with Gasteiger partial charge in [0.2, 0.25) is 5.95 Å². The van der Waals surface area contributed by atoms with E-state index in [1.165, 1.54) is 0 Å². The Hall–Kier alpha value is -0.970. The topological polar surface area (TPSA) is 55.0 Å². The van der Waals surface area contributed by atoms with Crippen LogP contribution < -0.4 is 10.6 Å². The molecule has 0 aliphatic heterocycles. The molecule has 5 heteroatoms. The Morgan fingerprint density at radius 1 is 1.56 bits per heavy atom. The first kappa shape index (κ1) is 13.1. The van der Waals surface area contributed by atoms with Crippen molar-refractivity contribution in [3.05, 3.63) is 11.8 Å². The van der Waals surface area contributed by atoms with Crippen molar-refractivity contribution in [3.8, 4) is 0 Å². The third-order valence-electron chi connectivity index (χ3n) is 2.68. The summed E-state index contributed by atoms with van der Waals surface area (Å²) in [5.41, 5.74) is 6.69. The predicted molar refractivity (Wildman–Crippen MR) is 72.0 cm³/mol. The van der Waals surface area contributed by atoms with E-state index in [9.17, 15) is 0 Å². The SMILES string of the molecule is CCC(CSC)N(C)c1nc(N)ncc1C. The second-order valence-electron chi connectivity index (χ2n) is 3.86. The number of rotatable bonds is 5. The van der Waals surface area contributed by atoms with Crippen molar-refractivity contribution in [1.82, 2.24) is 9.97 Å². The first-order valence-corrected chi connectivity index (χ1v) is 6.80. The van der Waals surface area contributed by atoms with E-state index in [2.05, 4.69) is 35.1 Å². The molecule has 1 heterocycles. The monoisotopic (exact) mass is 240 g/mol. The lowest BCUT2D eigenvalue weighted by Gasteiger charge is -2.28. The number of anilines is 2. The molecular weight excluding hydrogens is 220 g/mol. The molecular formula is C11H20N4S. The highest BCUT2D eigenvalue weighted by atomic mass is 32.2. The summed E-state index contributed by atoms with van der Waals surface area (Å²) in [5, 5.41) is 0. The minimum absolute atomic E-state index is 0.339. The molecule has 0 aliphatic carbocycles. The summed E-state index contributed by atoms with van der Waals surface area (Å²) in [6, 6.07) is 0.489. The lowest BCUT2D eigenvalue weighted by molar-refractivity contribution is 0.664. The van der Waals surface area contributed by atoms with Crippen LogP contribution >= 0.6 is 11.8 Å². The average molecular weight is 240 g/mol. The Labute approximate surface area is 102 Å². The van der Waals surface area contributed by atoms with Crippen LogP contribution in [0.1, 0.15) is 18.9 Å². The maximum atomic E-state index is 5.63. The fourth-order valence-electron chi connectivity index (χ4n) is 1.67. The largest absolute Gasteiger partial charge is 0.368 e. The van der Waals surface area contributed by atoms with Gasteiger partial charge in [-0.3, -0.25) is 0 Å². The zero-order valence-electron chi connectivity index (χ0n) is 10.4. The molecule has 16 heavy (non-hydrogen) atoms. The van der Waals surface area contributed by atoms with Gasteiger partial charge in [0.15, 0.2) is 0 Å². The second kappa shape index (κ2) is 5.94. The Bertz CT molecular complexity index is 343. The minimum Gasteiger partial charge on any atom is -0.368 e. The molecule has 2 N–H and O–H groups in total. The van der Waals surface area contributed by atoms with Gasteiger partial charge >= 0.3 is 0 Å². The van der Waals surface area contributed by atoms with Gasteiger partial charge in [0.05, 0.1) is 0 Å². The average Bonchev–Trinajstić information content (AvgIpc) is 2.28. The number of nitrogen functional groups attached to an aromatic ring is 1. The van der Waals surface area contributed by atoms with Gasteiger partial charge in [-0.25, -0.2) is 4.98 Å². The van der Waals surface area contributed by atoms with Crippen molar-refractivity contribution in [2.45, 2.75) is 26.3 Å². The Balaban J connectivity index is 2.93. The van der Waals surface area contributed by atoms with Crippen LogP contribution in [0, 0.1) is 6.92 Å². The molecule has 0 fully saturated rings. The Kier molecular flexibility index (Phi) is 4.86. The highest BCUT2D eigenvalue weighted by Gasteiger charge is 2.16. The van der Waals surface area contributed by atoms with Gasteiger partial charge in [-0.2, -0.15) is 16.7 Å². The molecule has 0 aliphatic rings. The zero-order valence-corrected chi connectivity index (χ0v) is 11.2. The van der Waals surface area contributed by atoms with Crippen LogP contribution in [0.3, 0.4) is 0 Å². The number of aromatic nitrogens is 2. The summed E-state index contributed by atoms with van der Waals surface area (Å²) in [6.45, 7) is 4.20. The standard InChI is InChI=1S/C11H20N4S/c1-5-9(7-16-4)15(3)10-8(2)6-13-11(12)14-10/h6,9H,5,7H2,1-4H3,(H2,12,13,14). The van der Waals surface area contributed by atoms with Crippen LogP contribution in [0.2, 0.25) is 0 Å². The number of hydrogen-bond acceptors (Lipinski definition) is 5. The maximum absolute atomic E-state index is 5.63. The van der Waals surface area contributed by atoms with E-state index >= 15 is 0 Å². The van der Waals surface area contributed by atoms with Gasteiger partial charge in [0.25, 0.3) is 0 Å². The third-order valence-corrected chi connectivity index (χ3v) is 3.39. The molecule has 0 amide bonds. The third kappa shape index (κ3) is 3.01. The van der Waals surface area contributed by atoms with Gasteiger partial charge in [-0.1, -0.05) is 6.92 Å². The first-order chi connectivity index (χ1) is 7.60. The number of hydrogen-bond donors (Lipinski definition) is 1. The minimum atomic E-state index is 0.339. The van der Waals surface area contributed by atoms with Gasteiger partial charge in [0, 0.05) is 30.6 Å². The summed E-state index contributed by atoms with van der Waals surface area (Å²) in [5.74, 6) is 2.37. The molecule has 0 aromatic carbocycles. The number of aryl methyl sites for hydroxylation is 1. The molecule has 4 nitrogen and oxygen atoms in total. The molecule has 1 aromatic rings. The van der Waals surface area contributed by atoms with E-state index in [1.54, 1.807) is 6.20 Å². The van der Waals surface area contributed by atoms with Crippen molar-refractivity contribution in [3.63, 3.8) is 0 Å². The van der Waals surface area contributed by atoms with Crippen molar-refractivity contribution in [1.29, 1.82) is 0 Å². The highest BCUT2D eigenvalue weighted by Crippen LogP contribution is 2.20. The van der Waals surface area contributed by atoms with Crippen molar-refractivity contribution >= 4 is 23.5 Å². The van der Waals surface area contributed by atoms with E-state index < -0.39 is 0 Å². The summed E-state index contributed by atoms with van der Waals surface area (Å²) in [7, 11) is 2.07. The van der Waals surface area contributed by atoms with E-state index in [-0.39, 0.29) is 0 Å². The summed E-state index contributed by atoms with van der Waals surface area (Å²) in [6.07, 6.45) is 5.00. The van der Waals surface area contributed by atoms with Crippen molar-refractivity contribution in [2.75, 3.05) is 29.7 Å². The number of nitrogens with zero attached hydrogens (tertiary/aromatic N) is 3. The summed E-state index contributed by atoms with van der Waals surface area (Å²) in [4.78, 5) is 10.5. The van der Waals surface area contributed by atoms with Crippen molar-refractivity contribution in [2.24, 2.45) is 0 Å². The first-order valence-electron chi connectivity index (χ1n) is 5.41. The molecule has 90 valence electrons. The number of thioether (sulfide) groups is 1. The summed E-state index contributed by atoms with van der Waals surface area (Å²) >= 11 is 1.85. The van der Waals surface area contributed by atoms with Crippen LogP contribution in [0.5, 0.6) is 0 Å². The van der Waals surface area contributed by atoms with Gasteiger partial charge in [0.1, 0.15) is 5.82 Å². The molecule has 0 saturated carbocycles. The molecule has 0 spiro atoms. The lowest BCUT2D eigenvalue weighted by Crippen LogP contribution is -2.34. The normalized spacial score (nSPS) is 12.5. The second-order valence-corrected chi connectivity index (χ2v) is 4.77.